The fraction of sp³-hybridized carbons (Fsp3) is 0.517. The highest BCUT2D eigenvalue weighted by molar-refractivity contribution is 5.85. The number of para-hydroxylation sites is 3. The second-order valence-electron chi connectivity index (χ2n) is 9.82. The SMILES string of the molecule is CCOc1ccccc1-c1nc2ccccc2n1CC(=O)N(C1CCCCC1)C1CCCCC1. The van der Waals surface area contributed by atoms with E-state index in [0.717, 1.165) is 53.9 Å². The summed E-state index contributed by atoms with van der Waals surface area (Å²) in [4.78, 5) is 21.4. The number of amides is 1. The predicted octanol–water partition coefficient (Wildman–Crippen LogP) is 6.60. The number of aromatic nitrogens is 2. The second kappa shape index (κ2) is 10.6. The molecule has 0 spiro atoms. The first-order valence-electron chi connectivity index (χ1n) is 13.2. The van der Waals surface area contributed by atoms with E-state index in [4.69, 9.17) is 9.72 Å². The molecule has 0 bridgehead atoms. The van der Waals surface area contributed by atoms with Crippen molar-refractivity contribution in [2.45, 2.75) is 89.8 Å². The normalized spacial score (nSPS) is 17.7. The van der Waals surface area contributed by atoms with E-state index in [1.54, 1.807) is 0 Å². The Balaban J connectivity index is 1.53. The summed E-state index contributed by atoms with van der Waals surface area (Å²) in [6.45, 7) is 2.91. The highest BCUT2D eigenvalue weighted by atomic mass is 16.5. The molecule has 2 aromatic carbocycles. The summed E-state index contributed by atoms with van der Waals surface area (Å²) in [5, 5.41) is 0. The van der Waals surface area contributed by atoms with E-state index in [2.05, 4.69) is 15.5 Å². The largest absolute Gasteiger partial charge is 0.493 e. The number of carbonyl (C=O) groups excluding carboxylic acids is 1. The number of nitrogens with zero attached hydrogens (tertiary/aromatic N) is 3. The number of ether oxygens (including phenoxy) is 1. The van der Waals surface area contributed by atoms with Crippen LogP contribution in [0.5, 0.6) is 5.75 Å². The van der Waals surface area contributed by atoms with Crippen LogP contribution in [0.1, 0.15) is 71.1 Å². The van der Waals surface area contributed by atoms with Gasteiger partial charge in [0.15, 0.2) is 0 Å². The van der Waals surface area contributed by atoms with Gasteiger partial charge >= 0.3 is 0 Å². The molecule has 3 aromatic rings. The first-order chi connectivity index (χ1) is 16.8. The smallest absolute Gasteiger partial charge is 0.243 e. The number of imidazole rings is 1. The highest BCUT2D eigenvalue weighted by Gasteiger charge is 2.33. The molecule has 0 N–H and O–H groups in total. The van der Waals surface area contributed by atoms with E-state index in [9.17, 15) is 4.79 Å². The lowest BCUT2D eigenvalue weighted by atomic mass is 9.88. The van der Waals surface area contributed by atoms with E-state index in [1.807, 2.05) is 49.4 Å². The number of hydrogen-bond acceptors (Lipinski definition) is 3. The third-order valence-corrected chi connectivity index (χ3v) is 7.60. The molecular formula is C29H37N3O2. The highest BCUT2D eigenvalue weighted by Crippen LogP contribution is 2.34. The van der Waals surface area contributed by atoms with E-state index >= 15 is 0 Å². The summed E-state index contributed by atoms with van der Waals surface area (Å²) in [6, 6.07) is 17.0. The van der Waals surface area contributed by atoms with Gasteiger partial charge in [0, 0.05) is 12.1 Å². The molecule has 5 rings (SSSR count). The predicted molar refractivity (Wildman–Crippen MR) is 137 cm³/mol. The van der Waals surface area contributed by atoms with Crippen LogP contribution in [0.15, 0.2) is 48.5 Å². The maximum Gasteiger partial charge on any atom is 0.243 e. The lowest BCUT2D eigenvalue weighted by Crippen LogP contribution is -2.50. The lowest BCUT2D eigenvalue weighted by molar-refractivity contribution is -0.138. The van der Waals surface area contributed by atoms with Crippen molar-refractivity contribution >= 4 is 16.9 Å². The molecule has 2 aliphatic carbocycles. The van der Waals surface area contributed by atoms with Crippen LogP contribution < -0.4 is 4.74 Å². The summed E-state index contributed by atoms with van der Waals surface area (Å²) < 4.78 is 8.06. The third kappa shape index (κ3) is 4.70. The van der Waals surface area contributed by atoms with Gasteiger partial charge in [-0.3, -0.25) is 4.79 Å². The molecule has 5 heteroatoms. The molecule has 180 valence electrons. The Morgan fingerprint density at radius 3 is 2.21 bits per heavy atom. The zero-order valence-corrected chi connectivity index (χ0v) is 20.4. The molecule has 0 aliphatic heterocycles. The summed E-state index contributed by atoms with van der Waals surface area (Å²) in [5.41, 5.74) is 2.86. The van der Waals surface area contributed by atoms with Crippen molar-refractivity contribution < 1.29 is 9.53 Å². The Hall–Kier alpha value is -2.82. The van der Waals surface area contributed by atoms with Gasteiger partial charge in [-0.25, -0.2) is 4.98 Å². The Morgan fingerprint density at radius 2 is 1.53 bits per heavy atom. The molecule has 5 nitrogen and oxygen atoms in total. The minimum absolute atomic E-state index is 0.247. The van der Waals surface area contributed by atoms with Gasteiger partial charge in [0.2, 0.25) is 5.91 Å². The molecule has 1 amide bonds. The number of fused-ring (bicyclic) bond motifs is 1. The van der Waals surface area contributed by atoms with Gasteiger partial charge in [0.1, 0.15) is 18.1 Å². The number of hydrogen-bond donors (Lipinski definition) is 0. The number of carbonyl (C=O) groups is 1. The van der Waals surface area contributed by atoms with Crippen LogP contribution in [-0.4, -0.2) is 39.0 Å². The Bertz CT molecular complexity index is 1090. The molecule has 2 saturated carbocycles. The Kier molecular flexibility index (Phi) is 7.17. The third-order valence-electron chi connectivity index (χ3n) is 7.60. The van der Waals surface area contributed by atoms with Gasteiger partial charge in [-0.2, -0.15) is 0 Å². The van der Waals surface area contributed by atoms with Gasteiger partial charge in [-0.15, -0.1) is 0 Å². The molecule has 1 aromatic heterocycles. The van der Waals surface area contributed by atoms with Crippen molar-refractivity contribution in [2.75, 3.05) is 6.61 Å². The molecule has 0 atom stereocenters. The molecule has 2 fully saturated rings. The van der Waals surface area contributed by atoms with Gasteiger partial charge in [-0.1, -0.05) is 62.8 Å². The van der Waals surface area contributed by atoms with Gasteiger partial charge in [0.05, 0.1) is 23.2 Å². The summed E-state index contributed by atoms with van der Waals surface area (Å²) >= 11 is 0. The van der Waals surface area contributed by atoms with Crippen molar-refractivity contribution in [3.63, 3.8) is 0 Å². The van der Waals surface area contributed by atoms with Crippen molar-refractivity contribution in [2.24, 2.45) is 0 Å². The average Bonchev–Trinajstić information content (AvgIpc) is 3.24. The van der Waals surface area contributed by atoms with E-state index in [-0.39, 0.29) is 5.91 Å². The average molecular weight is 460 g/mol. The molecular weight excluding hydrogens is 422 g/mol. The summed E-state index contributed by atoms with van der Waals surface area (Å²) in [7, 11) is 0. The minimum atomic E-state index is 0.247. The molecule has 0 unspecified atom stereocenters. The second-order valence-corrected chi connectivity index (χ2v) is 9.82. The molecule has 0 radical (unpaired) electrons. The standard InChI is InChI=1S/C29H37N3O2/c1-2-34-27-20-12-9-17-24(27)29-30-25-18-10-11-19-26(25)31(29)21-28(33)32(22-13-5-3-6-14-22)23-15-7-4-8-16-23/h9-12,17-20,22-23H,2-8,13-16,21H2,1H3. The zero-order chi connectivity index (χ0) is 23.3. The Labute approximate surface area is 203 Å². The summed E-state index contributed by atoms with van der Waals surface area (Å²) in [5.74, 6) is 1.87. The molecule has 34 heavy (non-hydrogen) atoms. The van der Waals surface area contributed by atoms with Crippen LogP contribution in [-0.2, 0) is 11.3 Å². The van der Waals surface area contributed by atoms with Crippen LogP contribution >= 0.6 is 0 Å². The molecule has 0 saturated heterocycles. The lowest BCUT2D eigenvalue weighted by Gasteiger charge is -2.42. The van der Waals surface area contributed by atoms with Crippen molar-refractivity contribution in [3.8, 4) is 17.1 Å². The maximum absolute atomic E-state index is 14.1. The molecule has 2 aliphatic rings. The fourth-order valence-corrected chi connectivity index (χ4v) is 6.01. The van der Waals surface area contributed by atoms with Crippen LogP contribution in [0, 0.1) is 0 Å². The van der Waals surface area contributed by atoms with Gasteiger partial charge < -0.3 is 14.2 Å². The molecule has 1 heterocycles. The number of rotatable bonds is 7. The van der Waals surface area contributed by atoms with E-state index in [1.165, 1.54) is 38.5 Å². The number of benzene rings is 2. The minimum Gasteiger partial charge on any atom is -0.493 e. The van der Waals surface area contributed by atoms with Crippen LogP contribution in [0.2, 0.25) is 0 Å². The first-order valence-corrected chi connectivity index (χ1v) is 13.2. The summed E-state index contributed by atoms with van der Waals surface area (Å²) in [6.07, 6.45) is 12.1. The van der Waals surface area contributed by atoms with Crippen LogP contribution in [0.25, 0.3) is 22.4 Å². The van der Waals surface area contributed by atoms with E-state index < -0.39 is 0 Å². The Morgan fingerprint density at radius 1 is 0.912 bits per heavy atom. The monoisotopic (exact) mass is 459 g/mol. The maximum atomic E-state index is 14.1. The van der Waals surface area contributed by atoms with Crippen molar-refractivity contribution in [1.82, 2.24) is 14.5 Å². The fourth-order valence-electron chi connectivity index (χ4n) is 6.01. The quantitative estimate of drug-likeness (QED) is 0.400. The van der Waals surface area contributed by atoms with Gasteiger partial charge in [-0.05, 0) is 56.9 Å². The zero-order valence-electron chi connectivity index (χ0n) is 20.4. The van der Waals surface area contributed by atoms with Crippen LogP contribution in [0.4, 0.5) is 0 Å². The topological polar surface area (TPSA) is 47.4 Å². The van der Waals surface area contributed by atoms with Gasteiger partial charge in [0.25, 0.3) is 0 Å². The van der Waals surface area contributed by atoms with Crippen molar-refractivity contribution in [3.05, 3.63) is 48.5 Å². The first kappa shape index (κ1) is 22.9. The van der Waals surface area contributed by atoms with E-state index in [0.29, 0.717) is 25.2 Å². The van der Waals surface area contributed by atoms with Crippen LogP contribution in [0.3, 0.4) is 0 Å². The van der Waals surface area contributed by atoms with Crippen molar-refractivity contribution in [1.29, 1.82) is 0 Å².